The Kier molecular flexibility index (Phi) is 3.27. The molecule has 0 fully saturated rings. The Bertz CT molecular complexity index is 385. The zero-order valence-corrected chi connectivity index (χ0v) is 8.23. The molecule has 1 aromatic heterocycles. The number of carbonyl (C=O) groups is 2. The van der Waals surface area contributed by atoms with Gasteiger partial charge in [-0.1, -0.05) is 0 Å². The topological polar surface area (TPSA) is 110 Å². The number of nitrogens with two attached hydrogens (primary N) is 1. The van der Waals surface area contributed by atoms with E-state index in [1.165, 1.54) is 10.9 Å². The summed E-state index contributed by atoms with van der Waals surface area (Å²) in [5.74, 6) is -1.45. The molecule has 0 aromatic carbocycles. The third-order valence-corrected chi connectivity index (χ3v) is 1.67. The first-order chi connectivity index (χ1) is 7.04. The van der Waals surface area contributed by atoms with Gasteiger partial charge in [0.15, 0.2) is 5.69 Å². The van der Waals surface area contributed by atoms with Crippen molar-refractivity contribution in [2.24, 2.45) is 0 Å². The number of nitrogens with zero attached hydrogens (tertiary/aromatic N) is 2. The van der Waals surface area contributed by atoms with Crippen LogP contribution in [0, 0.1) is 0 Å². The second-order valence-electron chi connectivity index (χ2n) is 2.89. The number of nitrogen functional groups attached to an aromatic ring is 1. The number of carboxylic acid groups (broad SMARTS) is 1. The van der Waals surface area contributed by atoms with E-state index in [1.807, 2.05) is 0 Å². The summed E-state index contributed by atoms with van der Waals surface area (Å²) in [6.07, 6.45) is 1.32. The van der Waals surface area contributed by atoms with E-state index in [0.717, 1.165) is 0 Å². The molecule has 0 saturated carbocycles. The molecule has 82 valence electrons. The number of aromatic carboxylic acids is 1. The van der Waals surface area contributed by atoms with Crippen molar-refractivity contribution in [1.29, 1.82) is 0 Å². The fraction of sp³-hybridized carbons (Fsp3) is 0.375. The molecule has 0 radical (unpaired) electrons. The molecule has 1 heterocycles. The Labute approximate surface area is 85.9 Å². The van der Waals surface area contributed by atoms with E-state index >= 15 is 0 Å². The zero-order chi connectivity index (χ0) is 11.4. The molecule has 0 bridgehead atoms. The monoisotopic (exact) mass is 212 g/mol. The van der Waals surface area contributed by atoms with Gasteiger partial charge in [0.25, 0.3) is 0 Å². The number of rotatable bonds is 4. The molecule has 0 spiro atoms. The lowest BCUT2D eigenvalue weighted by Gasteiger charge is -2.00. The number of likely N-dealkylation sites (N-methyl/N-ethyl adjacent to an activating group) is 1. The van der Waals surface area contributed by atoms with Gasteiger partial charge in [0.05, 0.1) is 5.69 Å². The van der Waals surface area contributed by atoms with Crippen LogP contribution in [0.4, 0.5) is 5.69 Å². The summed E-state index contributed by atoms with van der Waals surface area (Å²) in [6, 6.07) is 0. The maximum atomic E-state index is 11.1. The van der Waals surface area contributed by atoms with Gasteiger partial charge < -0.3 is 16.2 Å². The van der Waals surface area contributed by atoms with Gasteiger partial charge in [0.1, 0.15) is 6.54 Å². The molecule has 1 aromatic rings. The molecule has 0 aliphatic carbocycles. The van der Waals surface area contributed by atoms with Crippen LogP contribution in [0.2, 0.25) is 0 Å². The Hall–Kier alpha value is -2.05. The van der Waals surface area contributed by atoms with E-state index in [9.17, 15) is 9.59 Å². The molecule has 7 nitrogen and oxygen atoms in total. The largest absolute Gasteiger partial charge is 0.476 e. The van der Waals surface area contributed by atoms with Crippen molar-refractivity contribution in [2.75, 3.05) is 12.3 Å². The van der Waals surface area contributed by atoms with Gasteiger partial charge in [-0.2, -0.15) is 5.10 Å². The fourth-order valence-electron chi connectivity index (χ4n) is 1.08. The molecule has 0 atom stereocenters. The van der Waals surface area contributed by atoms with Crippen molar-refractivity contribution in [3.05, 3.63) is 11.9 Å². The van der Waals surface area contributed by atoms with Crippen LogP contribution < -0.4 is 11.1 Å². The van der Waals surface area contributed by atoms with E-state index in [0.29, 0.717) is 6.54 Å². The maximum Gasteiger partial charge on any atom is 0.358 e. The summed E-state index contributed by atoms with van der Waals surface area (Å²) in [7, 11) is 0. The van der Waals surface area contributed by atoms with Gasteiger partial charge in [0.2, 0.25) is 5.91 Å². The van der Waals surface area contributed by atoms with Gasteiger partial charge in [-0.25, -0.2) is 4.79 Å². The van der Waals surface area contributed by atoms with Crippen molar-refractivity contribution in [3.63, 3.8) is 0 Å². The van der Waals surface area contributed by atoms with Crippen LogP contribution in [-0.4, -0.2) is 33.3 Å². The highest BCUT2D eigenvalue weighted by atomic mass is 16.4. The Morgan fingerprint density at radius 1 is 1.67 bits per heavy atom. The Balaban J connectivity index is 2.75. The van der Waals surface area contributed by atoms with Crippen LogP contribution in [0.1, 0.15) is 17.4 Å². The zero-order valence-electron chi connectivity index (χ0n) is 8.23. The van der Waals surface area contributed by atoms with Crippen molar-refractivity contribution >= 4 is 17.6 Å². The summed E-state index contributed by atoms with van der Waals surface area (Å²) >= 11 is 0. The second kappa shape index (κ2) is 4.45. The number of aromatic nitrogens is 2. The minimum absolute atomic E-state index is 0.0364. The lowest BCUT2D eigenvalue weighted by molar-refractivity contribution is -0.121. The minimum Gasteiger partial charge on any atom is -0.476 e. The van der Waals surface area contributed by atoms with Crippen LogP contribution in [0.3, 0.4) is 0 Å². The minimum atomic E-state index is -1.21. The second-order valence-corrected chi connectivity index (χ2v) is 2.89. The van der Waals surface area contributed by atoms with E-state index in [2.05, 4.69) is 10.4 Å². The molecule has 0 aliphatic rings. The average molecular weight is 212 g/mol. The fourth-order valence-corrected chi connectivity index (χ4v) is 1.08. The van der Waals surface area contributed by atoms with Crippen molar-refractivity contribution < 1.29 is 14.7 Å². The molecule has 15 heavy (non-hydrogen) atoms. The van der Waals surface area contributed by atoms with Crippen LogP contribution in [0.15, 0.2) is 6.20 Å². The summed E-state index contributed by atoms with van der Waals surface area (Å²) in [5, 5.41) is 14.9. The van der Waals surface area contributed by atoms with Crippen molar-refractivity contribution in [3.8, 4) is 0 Å². The van der Waals surface area contributed by atoms with E-state index in [-0.39, 0.29) is 23.8 Å². The quantitative estimate of drug-likeness (QED) is 0.611. The smallest absolute Gasteiger partial charge is 0.358 e. The first kappa shape index (κ1) is 11.0. The standard InChI is InChI=1S/C8H12N4O3/c1-2-10-6(13)4-12-3-5(9)7(11-12)8(14)15/h3H,2,4,9H2,1H3,(H,10,13)(H,14,15). The summed E-state index contributed by atoms with van der Waals surface area (Å²) < 4.78 is 1.20. The van der Waals surface area contributed by atoms with Gasteiger partial charge >= 0.3 is 5.97 Å². The SMILES string of the molecule is CCNC(=O)Cn1cc(N)c(C(=O)O)n1. The number of carbonyl (C=O) groups excluding carboxylic acids is 1. The van der Waals surface area contributed by atoms with Crippen LogP contribution in [0.5, 0.6) is 0 Å². The molecule has 0 unspecified atom stereocenters. The van der Waals surface area contributed by atoms with Gasteiger partial charge in [-0.05, 0) is 6.92 Å². The number of hydrogen-bond donors (Lipinski definition) is 3. The molecular weight excluding hydrogens is 200 g/mol. The third-order valence-electron chi connectivity index (χ3n) is 1.67. The highest BCUT2D eigenvalue weighted by molar-refractivity contribution is 5.91. The van der Waals surface area contributed by atoms with Gasteiger partial charge in [-0.15, -0.1) is 0 Å². The third kappa shape index (κ3) is 2.70. The van der Waals surface area contributed by atoms with Crippen molar-refractivity contribution in [2.45, 2.75) is 13.5 Å². The molecule has 1 amide bonds. The van der Waals surface area contributed by atoms with E-state index in [1.54, 1.807) is 6.92 Å². The van der Waals surface area contributed by atoms with E-state index in [4.69, 9.17) is 10.8 Å². The van der Waals surface area contributed by atoms with Crippen molar-refractivity contribution in [1.82, 2.24) is 15.1 Å². The number of amides is 1. The number of nitrogens with one attached hydrogen (secondary N) is 1. The lowest BCUT2D eigenvalue weighted by atomic mass is 10.4. The Morgan fingerprint density at radius 3 is 2.80 bits per heavy atom. The first-order valence-corrected chi connectivity index (χ1v) is 4.37. The van der Waals surface area contributed by atoms with Gasteiger partial charge in [0, 0.05) is 12.7 Å². The van der Waals surface area contributed by atoms with Crippen LogP contribution >= 0.6 is 0 Å². The summed E-state index contributed by atoms with van der Waals surface area (Å²) in [4.78, 5) is 21.7. The molecule has 0 saturated heterocycles. The predicted molar refractivity (Wildman–Crippen MR) is 52.3 cm³/mol. The predicted octanol–water partition coefficient (Wildman–Crippen LogP) is -0.700. The highest BCUT2D eigenvalue weighted by Crippen LogP contribution is 2.08. The summed E-state index contributed by atoms with van der Waals surface area (Å²) in [6.45, 7) is 2.27. The number of hydrogen-bond acceptors (Lipinski definition) is 4. The first-order valence-electron chi connectivity index (χ1n) is 4.37. The average Bonchev–Trinajstić information content (AvgIpc) is 2.47. The summed E-state index contributed by atoms with van der Waals surface area (Å²) in [5.41, 5.74) is 5.21. The molecular formula is C8H12N4O3. The molecule has 0 aliphatic heterocycles. The van der Waals surface area contributed by atoms with E-state index < -0.39 is 5.97 Å². The molecule has 1 rings (SSSR count). The number of anilines is 1. The van der Waals surface area contributed by atoms with Crippen LogP contribution in [-0.2, 0) is 11.3 Å². The lowest BCUT2D eigenvalue weighted by Crippen LogP contribution is -2.27. The van der Waals surface area contributed by atoms with Crippen LogP contribution in [0.25, 0.3) is 0 Å². The number of carboxylic acids is 1. The van der Waals surface area contributed by atoms with Gasteiger partial charge in [-0.3, -0.25) is 9.48 Å². The maximum absolute atomic E-state index is 11.1. The normalized spacial score (nSPS) is 9.93. The molecule has 4 N–H and O–H groups in total. The molecule has 7 heteroatoms. The Morgan fingerprint density at radius 2 is 2.33 bits per heavy atom. The highest BCUT2D eigenvalue weighted by Gasteiger charge is 2.14.